The summed E-state index contributed by atoms with van der Waals surface area (Å²) in [5.41, 5.74) is -0.0539. The normalized spacial score (nSPS) is 24.8. The molecule has 1 fully saturated rings. The highest BCUT2D eigenvalue weighted by Crippen LogP contribution is 2.34. The van der Waals surface area contributed by atoms with Crippen LogP contribution in [0, 0.1) is 0 Å². The number of alkyl halides is 2. The van der Waals surface area contributed by atoms with Gasteiger partial charge in [0.2, 0.25) is 0 Å². The standard InChI is InChI=1S/C8H15F2N/c1-4-7(2,3)11-5-8(9,10)6-11/h4-6H2,1-3H3. The maximum Gasteiger partial charge on any atom is 0.272 e. The Morgan fingerprint density at radius 1 is 1.36 bits per heavy atom. The zero-order chi connectivity index (χ0) is 8.70. The molecular weight excluding hydrogens is 148 g/mol. The average Bonchev–Trinajstić information content (AvgIpc) is 1.83. The van der Waals surface area contributed by atoms with Gasteiger partial charge in [0.1, 0.15) is 0 Å². The Balaban J connectivity index is 2.43. The van der Waals surface area contributed by atoms with Crippen LogP contribution in [0.4, 0.5) is 8.78 Å². The van der Waals surface area contributed by atoms with Gasteiger partial charge in [-0.25, -0.2) is 8.78 Å². The van der Waals surface area contributed by atoms with Crippen LogP contribution in [0.25, 0.3) is 0 Å². The smallest absolute Gasteiger partial charge is 0.272 e. The molecular formula is C8H15F2N. The maximum absolute atomic E-state index is 12.4. The fraction of sp³-hybridized carbons (Fsp3) is 1.00. The van der Waals surface area contributed by atoms with Gasteiger partial charge in [-0.15, -0.1) is 0 Å². The molecule has 11 heavy (non-hydrogen) atoms. The minimum Gasteiger partial charge on any atom is -0.286 e. The molecule has 0 saturated carbocycles. The van der Waals surface area contributed by atoms with Crippen molar-refractivity contribution in [3.8, 4) is 0 Å². The van der Waals surface area contributed by atoms with E-state index >= 15 is 0 Å². The molecule has 0 unspecified atom stereocenters. The summed E-state index contributed by atoms with van der Waals surface area (Å²) in [4.78, 5) is 1.83. The van der Waals surface area contributed by atoms with E-state index < -0.39 is 5.92 Å². The second-order valence-electron chi connectivity index (χ2n) is 3.88. The molecule has 0 N–H and O–H groups in total. The summed E-state index contributed by atoms with van der Waals surface area (Å²) in [7, 11) is 0. The number of nitrogens with zero attached hydrogens (tertiary/aromatic N) is 1. The first-order valence-electron chi connectivity index (χ1n) is 4.00. The summed E-state index contributed by atoms with van der Waals surface area (Å²) in [6, 6.07) is 0. The predicted octanol–water partition coefficient (Wildman–Crippen LogP) is 2.13. The van der Waals surface area contributed by atoms with Gasteiger partial charge in [0, 0.05) is 5.54 Å². The minimum absolute atomic E-state index is 0.0539. The van der Waals surface area contributed by atoms with Gasteiger partial charge in [0.25, 0.3) is 5.92 Å². The monoisotopic (exact) mass is 163 g/mol. The van der Waals surface area contributed by atoms with E-state index in [1.807, 2.05) is 25.7 Å². The van der Waals surface area contributed by atoms with E-state index in [1.165, 1.54) is 0 Å². The van der Waals surface area contributed by atoms with Crippen molar-refractivity contribution in [2.24, 2.45) is 0 Å². The predicted molar refractivity (Wildman–Crippen MR) is 40.9 cm³/mol. The molecule has 0 radical (unpaired) electrons. The van der Waals surface area contributed by atoms with Crippen LogP contribution in [0.5, 0.6) is 0 Å². The Hall–Kier alpha value is -0.180. The molecule has 0 aromatic rings. The van der Waals surface area contributed by atoms with Crippen LogP contribution in [-0.2, 0) is 0 Å². The third-order valence-electron chi connectivity index (χ3n) is 2.57. The summed E-state index contributed by atoms with van der Waals surface area (Å²) in [6.45, 7) is 5.91. The summed E-state index contributed by atoms with van der Waals surface area (Å²) in [5.74, 6) is -2.42. The number of halogens is 2. The molecule has 0 aliphatic carbocycles. The SMILES string of the molecule is CCC(C)(C)N1CC(F)(F)C1. The van der Waals surface area contributed by atoms with Gasteiger partial charge in [0.05, 0.1) is 13.1 Å². The number of rotatable bonds is 2. The van der Waals surface area contributed by atoms with Crippen molar-refractivity contribution in [1.82, 2.24) is 4.90 Å². The van der Waals surface area contributed by atoms with E-state index in [4.69, 9.17) is 0 Å². The molecule has 0 aromatic heterocycles. The van der Waals surface area contributed by atoms with Crippen molar-refractivity contribution >= 4 is 0 Å². The van der Waals surface area contributed by atoms with Gasteiger partial charge in [-0.05, 0) is 20.3 Å². The first kappa shape index (κ1) is 8.91. The summed E-state index contributed by atoms with van der Waals surface area (Å²) >= 11 is 0. The van der Waals surface area contributed by atoms with Gasteiger partial charge < -0.3 is 0 Å². The average molecular weight is 163 g/mol. The third kappa shape index (κ3) is 1.70. The lowest BCUT2D eigenvalue weighted by atomic mass is 9.94. The van der Waals surface area contributed by atoms with Crippen molar-refractivity contribution in [2.75, 3.05) is 13.1 Å². The fourth-order valence-corrected chi connectivity index (χ4v) is 1.16. The van der Waals surface area contributed by atoms with E-state index in [2.05, 4.69) is 0 Å². The molecule has 0 atom stereocenters. The summed E-state index contributed by atoms with van der Waals surface area (Å²) in [6.07, 6.45) is 0.920. The Labute approximate surface area is 66.4 Å². The Kier molecular flexibility index (Phi) is 1.95. The lowest BCUT2D eigenvalue weighted by molar-refractivity contribution is -0.164. The zero-order valence-electron chi connectivity index (χ0n) is 7.32. The van der Waals surface area contributed by atoms with Crippen molar-refractivity contribution in [2.45, 2.75) is 38.7 Å². The lowest BCUT2D eigenvalue weighted by Crippen LogP contribution is -2.63. The van der Waals surface area contributed by atoms with Crippen LogP contribution in [0.2, 0.25) is 0 Å². The number of likely N-dealkylation sites (tertiary alicyclic amines) is 1. The first-order chi connectivity index (χ1) is 4.87. The number of hydrogen-bond acceptors (Lipinski definition) is 1. The quantitative estimate of drug-likeness (QED) is 0.602. The third-order valence-corrected chi connectivity index (χ3v) is 2.57. The van der Waals surface area contributed by atoms with Crippen LogP contribution in [0.3, 0.4) is 0 Å². The Morgan fingerprint density at radius 2 is 1.82 bits per heavy atom. The first-order valence-corrected chi connectivity index (χ1v) is 4.00. The minimum atomic E-state index is -2.42. The van der Waals surface area contributed by atoms with Gasteiger partial charge in [-0.3, -0.25) is 4.90 Å². The lowest BCUT2D eigenvalue weighted by Gasteiger charge is -2.48. The molecule has 0 aromatic carbocycles. The topological polar surface area (TPSA) is 3.24 Å². The highest BCUT2D eigenvalue weighted by molar-refractivity contribution is 4.95. The van der Waals surface area contributed by atoms with E-state index in [-0.39, 0.29) is 18.6 Å². The summed E-state index contributed by atoms with van der Waals surface area (Å²) in [5, 5.41) is 0. The van der Waals surface area contributed by atoms with Crippen LogP contribution in [0.1, 0.15) is 27.2 Å². The van der Waals surface area contributed by atoms with Crippen LogP contribution in [0.15, 0.2) is 0 Å². The van der Waals surface area contributed by atoms with Crippen molar-refractivity contribution in [3.05, 3.63) is 0 Å². The molecule has 0 amide bonds. The Bertz CT molecular complexity index is 146. The molecule has 3 heteroatoms. The fourth-order valence-electron chi connectivity index (χ4n) is 1.16. The van der Waals surface area contributed by atoms with Gasteiger partial charge >= 0.3 is 0 Å². The maximum atomic E-state index is 12.4. The molecule has 1 heterocycles. The van der Waals surface area contributed by atoms with Crippen LogP contribution < -0.4 is 0 Å². The van der Waals surface area contributed by atoms with E-state index in [1.54, 1.807) is 0 Å². The zero-order valence-corrected chi connectivity index (χ0v) is 7.32. The van der Waals surface area contributed by atoms with Crippen LogP contribution in [-0.4, -0.2) is 29.5 Å². The van der Waals surface area contributed by atoms with Crippen molar-refractivity contribution in [3.63, 3.8) is 0 Å². The van der Waals surface area contributed by atoms with E-state index in [0.717, 1.165) is 6.42 Å². The Morgan fingerprint density at radius 3 is 2.09 bits per heavy atom. The molecule has 1 nitrogen and oxygen atoms in total. The van der Waals surface area contributed by atoms with E-state index in [0.29, 0.717) is 0 Å². The number of hydrogen-bond donors (Lipinski definition) is 0. The largest absolute Gasteiger partial charge is 0.286 e. The molecule has 1 aliphatic heterocycles. The summed E-state index contributed by atoms with van der Waals surface area (Å²) < 4.78 is 24.8. The molecule has 0 bridgehead atoms. The van der Waals surface area contributed by atoms with Crippen molar-refractivity contribution in [1.29, 1.82) is 0 Å². The van der Waals surface area contributed by atoms with Crippen molar-refractivity contribution < 1.29 is 8.78 Å². The van der Waals surface area contributed by atoms with Gasteiger partial charge in [-0.1, -0.05) is 6.92 Å². The van der Waals surface area contributed by atoms with E-state index in [9.17, 15) is 8.78 Å². The second-order valence-corrected chi connectivity index (χ2v) is 3.88. The molecule has 66 valence electrons. The molecule has 0 spiro atoms. The van der Waals surface area contributed by atoms with Gasteiger partial charge in [-0.2, -0.15) is 0 Å². The highest BCUT2D eigenvalue weighted by Gasteiger charge is 2.48. The van der Waals surface area contributed by atoms with Gasteiger partial charge in [0.15, 0.2) is 0 Å². The van der Waals surface area contributed by atoms with Crippen LogP contribution >= 0.6 is 0 Å². The molecule has 1 aliphatic rings. The molecule has 1 saturated heterocycles. The second kappa shape index (κ2) is 2.41. The highest BCUT2D eigenvalue weighted by atomic mass is 19.3. The molecule has 1 rings (SSSR count).